The lowest BCUT2D eigenvalue weighted by atomic mass is 10.1. The van der Waals surface area contributed by atoms with Gasteiger partial charge in [-0.3, -0.25) is 0 Å². The van der Waals surface area contributed by atoms with Crippen molar-refractivity contribution >= 4 is 32.7 Å². The van der Waals surface area contributed by atoms with E-state index in [-0.39, 0.29) is 6.04 Å². The minimum absolute atomic E-state index is 0.197. The Hall–Kier alpha value is -2.32. The topological polar surface area (TPSA) is 59.1 Å². The molecule has 0 saturated carbocycles. The normalized spacial score (nSPS) is 12.7. The maximum absolute atomic E-state index is 12.8. The van der Waals surface area contributed by atoms with Crippen LogP contribution >= 0.6 is 22.7 Å². The molecule has 0 aliphatic rings. The lowest BCUT2D eigenvalue weighted by Gasteiger charge is -2.13. The van der Waals surface area contributed by atoms with Gasteiger partial charge in [0.2, 0.25) is 10.0 Å². The molecule has 4 rings (SSSR count). The van der Waals surface area contributed by atoms with E-state index in [1.165, 1.54) is 11.3 Å². The van der Waals surface area contributed by atoms with Gasteiger partial charge in [-0.15, -0.1) is 22.7 Å². The number of benzene rings is 2. The van der Waals surface area contributed by atoms with E-state index in [1.54, 1.807) is 17.4 Å². The Kier molecular flexibility index (Phi) is 5.91. The molecule has 0 fully saturated rings. The van der Waals surface area contributed by atoms with Gasteiger partial charge in [0.25, 0.3) is 0 Å². The largest absolute Gasteiger partial charge is 0.250 e. The van der Waals surface area contributed by atoms with Crippen molar-refractivity contribution in [1.82, 2.24) is 9.71 Å². The molecular formula is C22H20N2O2S3. The van der Waals surface area contributed by atoms with Crippen molar-refractivity contribution in [2.75, 3.05) is 0 Å². The number of nitrogens with zero attached hydrogens (tertiary/aromatic N) is 1. The second-order valence-electron chi connectivity index (χ2n) is 6.73. The molecule has 1 N–H and O–H groups in total. The number of aromatic nitrogens is 1. The van der Waals surface area contributed by atoms with Crippen LogP contribution in [0.2, 0.25) is 0 Å². The fraction of sp³-hybridized carbons (Fsp3) is 0.136. The van der Waals surface area contributed by atoms with Crippen LogP contribution in [0.4, 0.5) is 0 Å². The molecule has 0 unspecified atom stereocenters. The third kappa shape index (κ3) is 4.82. The number of rotatable bonds is 7. The van der Waals surface area contributed by atoms with Crippen molar-refractivity contribution in [2.24, 2.45) is 0 Å². The molecule has 148 valence electrons. The van der Waals surface area contributed by atoms with Crippen molar-refractivity contribution in [1.29, 1.82) is 0 Å². The molecule has 4 aromatic rings. The summed E-state index contributed by atoms with van der Waals surface area (Å²) in [6, 6.07) is 23.2. The molecule has 2 heterocycles. The molecule has 2 aromatic carbocycles. The third-order valence-electron chi connectivity index (χ3n) is 4.36. The van der Waals surface area contributed by atoms with Gasteiger partial charge in [0, 0.05) is 12.2 Å². The van der Waals surface area contributed by atoms with E-state index in [9.17, 15) is 8.42 Å². The van der Waals surface area contributed by atoms with Crippen molar-refractivity contribution < 1.29 is 8.42 Å². The van der Waals surface area contributed by atoms with Crippen molar-refractivity contribution in [3.8, 4) is 20.3 Å². The first-order valence-corrected chi connectivity index (χ1v) is 12.3. The Bertz CT molecular complexity index is 1180. The molecule has 0 saturated heterocycles. The summed E-state index contributed by atoms with van der Waals surface area (Å²) in [6.45, 7) is 1.88. The number of nitrogens with one attached hydrogen (secondary N) is 1. The SMILES string of the molecule is C[C@@H](Cc1ccccc1)NS(=O)(=O)c1ccc(-c2ncc(-c3ccccc3)s2)s1. The first kappa shape index (κ1) is 20.0. The molecular weight excluding hydrogens is 420 g/mol. The summed E-state index contributed by atoms with van der Waals surface area (Å²) in [5.41, 5.74) is 2.21. The highest BCUT2D eigenvalue weighted by molar-refractivity contribution is 7.91. The lowest BCUT2D eigenvalue weighted by molar-refractivity contribution is 0.562. The Morgan fingerprint density at radius 2 is 1.59 bits per heavy atom. The van der Waals surface area contributed by atoms with Gasteiger partial charge < -0.3 is 0 Å². The van der Waals surface area contributed by atoms with Crippen LogP contribution in [0.15, 0.2) is 83.2 Å². The van der Waals surface area contributed by atoms with E-state index in [4.69, 9.17) is 0 Å². The maximum atomic E-state index is 12.8. The predicted molar refractivity (Wildman–Crippen MR) is 121 cm³/mol. The van der Waals surface area contributed by atoms with Crippen LogP contribution in [0.1, 0.15) is 12.5 Å². The average Bonchev–Trinajstić information content (AvgIpc) is 3.39. The van der Waals surface area contributed by atoms with Crippen LogP contribution in [-0.2, 0) is 16.4 Å². The van der Waals surface area contributed by atoms with Crippen LogP contribution < -0.4 is 4.72 Å². The van der Waals surface area contributed by atoms with Gasteiger partial charge in [-0.1, -0.05) is 60.7 Å². The number of thiazole rings is 1. The number of hydrogen-bond donors (Lipinski definition) is 1. The first-order valence-electron chi connectivity index (χ1n) is 9.19. The smallest absolute Gasteiger partial charge is 0.243 e. The Labute approximate surface area is 179 Å². The summed E-state index contributed by atoms with van der Waals surface area (Å²) >= 11 is 2.81. The highest BCUT2D eigenvalue weighted by atomic mass is 32.2. The number of thiophene rings is 1. The minimum atomic E-state index is -3.57. The van der Waals surface area contributed by atoms with Gasteiger partial charge in [0.15, 0.2) is 0 Å². The quantitative estimate of drug-likeness (QED) is 0.416. The molecule has 4 nitrogen and oxygen atoms in total. The molecule has 0 aliphatic carbocycles. The Morgan fingerprint density at radius 1 is 0.897 bits per heavy atom. The fourth-order valence-electron chi connectivity index (χ4n) is 3.04. The van der Waals surface area contributed by atoms with Gasteiger partial charge in [-0.25, -0.2) is 18.1 Å². The first-order chi connectivity index (χ1) is 14.0. The van der Waals surface area contributed by atoms with Gasteiger partial charge in [0.1, 0.15) is 9.22 Å². The predicted octanol–water partition coefficient (Wildman–Crippen LogP) is 5.45. The summed E-state index contributed by atoms with van der Waals surface area (Å²) in [7, 11) is -3.57. The zero-order valence-corrected chi connectivity index (χ0v) is 18.2. The van der Waals surface area contributed by atoms with Crippen molar-refractivity contribution in [3.05, 3.63) is 84.6 Å². The second kappa shape index (κ2) is 8.59. The van der Waals surface area contributed by atoms with Gasteiger partial charge in [-0.2, -0.15) is 0 Å². The van der Waals surface area contributed by atoms with Crippen molar-refractivity contribution in [2.45, 2.75) is 23.6 Å². The van der Waals surface area contributed by atoms with Crippen LogP contribution in [0.5, 0.6) is 0 Å². The highest BCUT2D eigenvalue weighted by Crippen LogP contribution is 2.36. The van der Waals surface area contributed by atoms with Gasteiger partial charge in [-0.05, 0) is 36.6 Å². The van der Waals surface area contributed by atoms with E-state index in [2.05, 4.69) is 9.71 Å². The summed E-state index contributed by atoms with van der Waals surface area (Å²) in [4.78, 5) is 6.41. The van der Waals surface area contributed by atoms with E-state index in [0.717, 1.165) is 25.9 Å². The Balaban J connectivity index is 1.49. The summed E-state index contributed by atoms with van der Waals surface area (Å²) in [6.07, 6.45) is 2.48. The Morgan fingerprint density at radius 3 is 2.31 bits per heavy atom. The molecule has 0 amide bonds. The van der Waals surface area contributed by atoms with Crippen LogP contribution in [0.3, 0.4) is 0 Å². The van der Waals surface area contributed by atoms with Crippen LogP contribution in [0.25, 0.3) is 20.3 Å². The minimum Gasteiger partial charge on any atom is -0.243 e. The number of hydrogen-bond acceptors (Lipinski definition) is 5. The summed E-state index contributed by atoms with van der Waals surface area (Å²) in [5, 5.41) is 0.827. The summed E-state index contributed by atoms with van der Waals surface area (Å²) in [5.74, 6) is 0. The zero-order chi connectivity index (χ0) is 20.3. The maximum Gasteiger partial charge on any atom is 0.250 e. The fourth-order valence-corrected chi connectivity index (χ4v) is 6.59. The second-order valence-corrected chi connectivity index (χ2v) is 10.8. The molecule has 0 spiro atoms. The summed E-state index contributed by atoms with van der Waals surface area (Å²) < 4.78 is 28.7. The average molecular weight is 441 g/mol. The standard InChI is InChI=1S/C22H20N2O2S3/c1-16(14-17-8-4-2-5-9-17)24-29(25,26)21-13-12-19(27-21)22-23-15-20(28-22)18-10-6-3-7-11-18/h2-13,15-16,24H,14H2,1H3/t16-/m0/s1. The van der Waals surface area contributed by atoms with Crippen LogP contribution in [0, 0.1) is 0 Å². The molecule has 0 radical (unpaired) electrons. The van der Waals surface area contributed by atoms with E-state index < -0.39 is 10.0 Å². The van der Waals surface area contributed by atoms with Crippen LogP contribution in [-0.4, -0.2) is 19.4 Å². The molecule has 29 heavy (non-hydrogen) atoms. The van der Waals surface area contributed by atoms with Gasteiger partial charge >= 0.3 is 0 Å². The molecule has 1 atom stereocenters. The zero-order valence-electron chi connectivity index (χ0n) is 15.8. The molecule has 2 aromatic heterocycles. The number of sulfonamides is 1. The van der Waals surface area contributed by atoms with Gasteiger partial charge in [0.05, 0.1) is 9.75 Å². The highest BCUT2D eigenvalue weighted by Gasteiger charge is 2.21. The van der Waals surface area contributed by atoms with Crippen molar-refractivity contribution in [3.63, 3.8) is 0 Å². The molecule has 0 aliphatic heterocycles. The van der Waals surface area contributed by atoms with E-state index >= 15 is 0 Å². The third-order valence-corrected chi connectivity index (χ3v) is 8.74. The van der Waals surface area contributed by atoms with E-state index in [1.807, 2.05) is 79.9 Å². The molecule has 0 bridgehead atoms. The monoisotopic (exact) mass is 440 g/mol. The molecule has 7 heteroatoms. The van der Waals surface area contributed by atoms with E-state index in [0.29, 0.717) is 10.6 Å². The lowest BCUT2D eigenvalue weighted by Crippen LogP contribution is -2.33.